The van der Waals surface area contributed by atoms with E-state index in [1.54, 1.807) is 25.5 Å². The lowest BCUT2D eigenvalue weighted by atomic mass is 10.2. The van der Waals surface area contributed by atoms with Crippen LogP contribution in [0.25, 0.3) is 10.1 Å². The number of aliphatic imine (C=N–C) groups is 1. The average Bonchev–Trinajstić information content (AvgIpc) is 3.20. The molecular weight excluding hydrogens is 513 g/mol. The number of fused-ring (bicyclic) bond motifs is 1. The summed E-state index contributed by atoms with van der Waals surface area (Å²) in [6.45, 7) is 2.06. The van der Waals surface area contributed by atoms with E-state index in [0.29, 0.717) is 32.3 Å². The maximum Gasteiger partial charge on any atom is 0.191 e. The van der Waals surface area contributed by atoms with Crippen molar-refractivity contribution in [2.24, 2.45) is 4.99 Å². The first-order valence-corrected chi connectivity index (χ1v) is 10.3. The Kier molecular flexibility index (Phi) is 10.4. The molecule has 3 aromatic rings. The van der Waals surface area contributed by atoms with Crippen LogP contribution in [0.1, 0.15) is 16.5 Å². The molecule has 1 atom stereocenters. The van der Waals surface area contributed by atoms with Crippen molar-refractivity contribution in [1.82, 2.24) is 10.6 Å². The van der Waals surface area contributed by atoms with Crippen LogP contribution in [0.4, 0.5) is 0 Å². The Labute approximate surface area is 198 Å². The Morgan fingerprint density at radius 3 is 2.73 bits per heavy atom. The molecule has 3 N–H and O–H groups in total. The fourth-order valence-corrected chi connectivity index (χ4v) is 3.93. The van der Waals surface area contributed by atoms with E-state index in [0.717, 1.165) is 21.6 Å². The lowest BCUT2D eigenvalue weighted by Gasteiger charge is -2.14. The van der Waals surface area contributed by atoms with Crippen LogP contribution >= 0.6 is 35.3 Å². The first kappa shape index (κ1) is 24.4. The third-order valence-corrected chi connectivity index (χ3v) is 5.62. The highest BCUT2D eigenvalue weighted by atomic mass is 127. The second-order valence-electron chi connectivity index (χ2n) is 6.49. The molecule has 30 heavy (non-hydrogen) atoms. The number of hydrogen-bond acceptors (Lipinski definition) is 5. The molecule has 162 valence electrons. The van der Waals surface area contributed by atoms with E-state index in [1.807, 2.05) is 42.5 Å². The number of benzene rings is 2. The van der Waals surface area contributed by atoms with E-state index in [-0.39, 0.29) is 24.0 Å². The van der Waals surface area contributed by atoms with E-state index >= 15 is 0 Å². The fraction of sp³-hybridized carbons (Fsp3) is 0.318. The summed E-state index contributed by atoms with van der Waals surface area (Å²) in [5.41, 5.74) is 1.07. The van der Waals surface area contributed by atoms with Gasteiger partial charge in [-0.2, -0.15) is 0 Å². The van der Waals surface area contributed by atoms with Crippen molar-refractivity contribution in [3.63, 3.8) is 0 Å². The Bertz CT molecular complexity index is 915. The van der Waals surface area contributed by atoms with Crippen LogP contribution in [0.2, 0.25) is 0 Å². The molecule has 0 bridgehead atoms. The maximum absolute atomic E-state index is 10.5. The van der Waals surface area contributed by atoms with Gasteiger partial charge in [-0.15, -0.1) is 35.3 Å². The van der Waals surface area contributed by atoms with Gasteiger partial charge >= 0.3 is 0 Å². The summed E-state index contributed by atoms with van der Waals surface area (Å²) >= 11 is 1.61. The Hall–Kier alpha value is -1.88. The van der Waals surface area contributed by atoms with Crippen LogP contribution in [0.15, 0.2) is 59.6 Å². The second kappa shape index (κ2) is 12.7. The third-order valence-electron chi connectivity index (χ3n) is 4.40. The van der Waals surface area contributed by atoms with Crippen molar-refractivity contribution in [1.29, 1.82) is 0 Å². The SMILES string of the molecule is CN=C(NCCOCc1cccc(OC)c1)NCC(O)c1cc2ccccc2s1.I. The quantitative estimate of drug-likeness (QED) is 0.166. The number of guanidine groups is 1. The van der Waals surface area contributed by atoms with E-state index in [2.05, 4.69) is 27.8 Å². The number of nitrogens with zero attached hydrogens (tertiary/aromatic N) is 1. The van der Waals surface area contributed by atoms with Gasteiger partial charge in [0.25, 0.3) is 0 Å². The predicted molar refractivity (Wildman–Crippen MR) is 134 cm³/mol. The van der Waals surface area contributed by atoms with E-state index in [9.17, 15) is 5.11 Å². The molecule has 1 heterocycles. The van der Waals surface area contributed by atoms with E-state index in [1.165, 1.54) is 4.70 Å². The Morgan fingerprint density at radius 2 is 1.97 bits per heavy atom. The molecule has 0 aliphatic carbocycles. The molecule has 0 radical (unpaired) electrons. The zero-order valence-electron chi connectivity index (χ0n) is 17.1. The molecule has 0 spiro atoms. The standard InChI is InChI=1S/C22H27N3O3S.HI/c1-23-22(24-10-11-28-15-16-6-5-8-18(12-16)27-2)25-14-19(26)21-13-17-7-3-4-9-20(17)29-21;/h3-9,12-13,19,26H,10-11,14-15H2,1-2H3,(H2,23,24,25);1H. The number of ether oxygens (including phenoxy) is 2. The van der Waals surface area contributed by atoms with Crippen LogP contribution in [0.3, 0.4) is 0 Å². The minimum atomic E-state index is -0.588. The van der Waals surface area contributed by atoms with Gasteiger partial charge in [-0.3, -0.25) is 4.99 Å². The van der Waals surface area contributed by atoms with Crippen molar-refractivity contribution in [2.45, 2.75) is 12.7 Å². The maximum atomic E-state index is 10.5. The van der Waals surface area contributed by atoms with Gasteiger partial charge in [0, 0.05) is 29.7 Å². The number of aliphatic hydroxyl groups is 1. The highest BCUT2D eigenvalue weighted by molar-refractivity contribution is 14.0. The normalized spacial score (nSPS) is 12.3. The molecule has 8 heteroatoms. The van der Waals surface area contributed by atoms with Gasteiger partial charge in [-0.1, -0.05) is 30.3 Å². The van der Waals surface area contributed by atoms with Crippen LogP contribution in [-0.2, 0) is 11.3 Å². The summed E-state index contributed by atoms with van der Waals surface area (Å²) in [5, 5.41) is 18.0. The lowest BCUT2D eigenvalue weighted by molar-refractivity contribution is 0.125. The van der Waals surface area contributed by atoms with Crippen LogP contribution in [-0.4, -0.2) is 44.9 Å². The molecule has 0 saturated heterocycles. The fourth-order valence-electron chi connectivity index (χ4n) is 2.88. The summed E-state index contributed by atoms with van der Waals surface area (Å²) in [6.07, 6.45) is -0.588. The van der Waals surface area contributed by atoms with E-state index < -0.39 is 6.10 Å². The van der Waals surface area contributed by atoms with Crippen molar-refractivity contribution in [3.05, 3.63) is 65.0 Å². The molecule has 0 aliphatic heterocycles. The van der Waals surface area contributed by atoms with Gasteiger partial charge in [-0.05, 0) is 35.2 Å². The van der Waals surface area contributed by atoms with Gasteiger partial charge in [0.2, 0.25) is 0 Å². The van der Waals surface area contributed by atoms with Crippen LogP contribution in [0.5, 0.6) is 5.75 Å². The summed E-state index contributed by atoms with van der Waals surface area (Å²) < 4.78 is 12.1. The highest BCUT2D eigenvalue weighted by Crippen LogP contribution is 2.29. The third kappa shape index (κ3) is 7.12. The van der Waals surface area contributed by atoms with Gasteiger partial charge in [0.05, 0.1) is 20.3 Å². The van der Waals surface area contributed by atoms with Crippen LogP contribution in [0, 0.1) is 0 Å². The molecule has 6 nitrogen and oxygen atoms in total. The number of thiophene rings is 1. The Morgan fingerprint density at radius 1 is 1.13 bits per heavy atom. The number of rotatable bonds is 9. The Balaban J connectivity index is 0.00000320. The first-order valence-electron chi connectivity index (χ1n) is 9.51. The summed E-state index contributed by atoms with van der Waals surface area (Å²) in [7, 11) is 3.36. The molecule has 1 unspecified atom stereocenters. The summed E-state index contributed by atoms with van der Waals surface area (Å²) in [6, 6.07) is 18.0. The molecule has 0 aliphatic rings. The minimum absolute atomic E-state index is 0. The smallest absolute Gasteiger partial charge is 0.191 e. The number of hydrogen-bond donors (Lipinski definition) is 3. The summed E-state index contributed by atoms with van der Waals surface area (Å²) in [4.78, 5) is 5.13. The molecular formula is C22H28IN3O3S. The molecule has 1 aromatic heterocycles. The molecule has 2 aromatic carbocycles. The van der Waals surface area contributed by atoms with Crippen molar-refractivity contribution in [3.8, 4) is 5.75 Å². The van der Waals surface area contributed by atoms with Gasteiger partial charge < -0.3 is 25.2 Å². The predicted octanol–water partition coefficient (Wildman–Crippen LogP) is 3.94. The number of methoxy groups -OCH3 is 1. The minimum Gasteiger partial charge on any atom is -0.497 e. The zero-order valence-corrected chi connectivity index (χ0v) is 20.3. The largest absolute Gasteiger partial charge is 0.497 e. The van der Waals surface area contributed by atoms with Crippen molar-refractivity contribution < 1.29 is 14.6 Å². The monoisotopic (exact) mass is 541 g/mol. The van der Waals surface area contributed by atoms with Crippen LogP contribution < -0.4 is 15.4 Å². The summed E-state index contributed by atoms with van der Waals surface area (Å²) in [5.74, 6) is 1.46. The van der Waals surface area contributed by atoms with Crippen molar-refractivity contribution in [2.75, 3.05) is 33.9 Å². The number of aliphatic hydroxyl groups excluding tert-OH is 1. The number of halogens is 1. The molecule has 0 fully saturated rings. The lowest BCUT2D eigenvalue weighted by Crippen LogP contribution is -2.40. The van der Waals surface area contributed by atoms with Gasteiger partial charge in [0.1, 0.15) is 11.9 Å². The molecule has 3 rings (SSSR count). The van der Waals surface area contributed by atoms with Gasteiger partial charge in [0.15, 0.2) is 5.96 Å². The van der Waals surface area contributed by atoms with E-state index in [4.69, 9.17) is 9.47 Å². The topological polar surface area (TPSA) is 75.1 Å². The highest BCUT2D eigenvalue weighted by Gasteiger charge is 2.12. The van der Waals surface area contributed by atoms with Gasteiger partial charge in [-0.25, -0.2) is 0 Å². The first-order chi connectivity index (χ1) is 14.2. The van der Waals surface area contributed by atoms with Crippen molar-refractivity contribution >= 4 is 51.4 Å². The molecule has 0 amide bonds. The second-order valence-corrected chi connectivity index (χ2v) is 7.60. The zero-order chi connectivity index (χ0) is 20.5. The number of nitrogens with one attached hydrogen (secondary N) is 2. The average molecular weight is 541 g/mol. The molecule has 0 saturated carbocycles.